The van der Waals surface area contributed by atoms with Gasteiger partial charge in [-0.25, -0.2) is 0 Å². The average molecular weight is 1240 g/mol. The molecule has 3 aliphatic heterocycles. The first kappa shape index (κ1) is 76.0. The molecule has 33 nitrogen and oxygen atoms in total. The fourth-order valence-corrected chi connectivity index (χ4v) is 8.06. The smallest absolute Gasteiger partial charge is 0.283 e. The summed E-state index contributed by atoms with van der Waals surface area (Å²) in [4.78, 5) is 37.5. The molecule has 33 heteroatoms. The fraction of sp³-hybridized carbons (Fsp3) is 0.904. The van der Waals surface area contributed by atoms with Crippen LogP contribution in [-0.2, 0) is 85.4 Å². The Balaban J connectivity index is 1.27. The van der Waals surface area contributed by atoms with E-state index in [9.17, 15) is 75.7 Å². The lowest BCUT2D eigenvalue weighted by molar-refractivity contribution is -0.302. The van der Waals surface area contributed by atoms with E-state index in [-0.39, 0.29) is 207 Å². The number of hydrogen-bond donors (Lipinski definition) is 15. The van der Waals surface area contributed by atoms with Crippen LogP contribution in [-0.4, -0.2) is 344 Å². The minimum absolute atomic E-state index is 0.00469. The van der Waals surface area contributed by atoms with Gasteiger partial charge in [-0.05, 0) is 6.42 Å². The molecule has 85 heavy (non-hydrogen) atoms. The maximum Gasteiger partial charge on any atom is 0.283 e. The molecule has 0 aliphatic carbocycles. The normalized spacial score (nSPS) is 26.9. The quantitative estimate of drug-likeness (QED) is 0.0252. The summed E-state index contributed by atoms with van der Waals surface area (Å²) in [6.07, 6.45) is -17.1. The SMILES string of the molecule is CC(COCCCC(=O)NCCOCCOCCOC1=C(CO)C(O)[C@H](O)C(CO)O1)(COCCC(=O)NCCOCCOCCO[C@H]1OC(CO)[C@@H](O)C(O)C1O)COCCC(=O)NCCOCCOCCO[C@H]1OC(CO)[C@@H](O)C(O)C1O. The molecule has 8 unspecified atom stereocenters. The van der Waals surface area contributed by atoms with Gasteiger partial charge < -0.3 is 148 Å². The summed E-state index contributed by atoms with van der Waals surface area (Å²) >= 11 is 0. The van der Waals surface area contributed by atoms with Gasteiger partial charge in [0.2, 0.25) is 17.7 Å². The van der Waals surface area contributed by atoms with E-state index < -0.39 is 112 Å². The van der Waals surface area contributed by atoms with Crippen molar-refractivity contribution in [2.45, 2.75) is 112 Å². The number of carbonyl (C=O) groups excluding carboxylic acids is 3. The topological polar surface area (TPSA) is 469 Å². The Morgan fingerprint density at radius 2 is 0.800 bits per heavy atom. The van der Waals surface area contributed by atoms with Gasteiger partial charge >= 0.3 is 0 Å². The zero-order chi connectivity index (χ0) is 62.2. The molecule has 13 atom stereocenters. The number of amides is 3. The fourth-order valence-electron chi connectivity index (χ4n) is 8.06. The number of rotatable bonds is 50. The molecule has 2 saturated heterocycles. The van der Waals surface area contributed by atoms with Gasteiger partial charge in [0.25, 0.3) is 5.95 Å². The maximum absolute atomic E-state index is 12.5. The Kier molecular flexibility index (Phi) is 40.3. The van der Waals surface area contributed by atoms with E-state index in [0.717, 1.165) is 0 Å². The van der Waals surface area contributed by atoms with E-state index in [1.807, 2.05) is 6.92 Å². The van der Waals surface area contributed by atoms with Crippen molar-refractivity contribution in [2.24, 2.45) is 5.41 Å². The minimum atomic E-state index is -1.55. The van der Waals surface area contributed by atoms with Crippen molar-refractivity contribution in [3.8, 4) is 0 Å². The highest BCUT2D eigenvalue weighted by molar-refractivity contribution is 5.76. The highest BCUT2D eigenvalue weighted by Crippen LogP contribution is 2.26. The van der Waals surface area contributed by atoms with E-state index in [0.29, 0.717) is 6.42 Å². The Bertz CT molecular complexity index is 1720. The maximum atomic E-state index is 12.5. The summed E-state index contributed by atoms with van der Waals surface area (Å²) in [7, 11) is 0. The van der Waals surface area contributed by atoms with Crippen LogP contribution in [0.3, 0.4) is 0 Å². The van der Waals surface area contributed by atoms with Gasteiger partial charge in [0.1, 0.15) is 67.6 Å². The van der Waals surface area contributed by atoms with Gasteiger partial charge in [0.05, 0.1) is 158 Å². The number of hydrogen-bond acceptors (Lipinski definition) is 30. The highest BCUT2D eigenvalue weighted by Gasteiger charge is 2.45. The predicted molar refractivity (Wildman–Crippen MR) is 286 cm³/mol. The summed E-state index contributed by atoms with van der Waals surface area (Å²) in [5, 5.41) is 125. The lowest BCUT2D eigenvalue weighted by Gasteiger charge is -2.39. The van der Waals surface area contributed by atoms with Crippen LogP contribution in [0.5, 0.6) is 0 Å². The van der Waals surface area contributed by atoms with Crippen molar-refractivity contribution >= 4 is 17.7 Å². The standard InChI is InChI=1S/C52H95N3O30/c1-52(32-78-10-4-39(61)54-7-13-72-16-19-75-22-25-81-50-47(69)45(67)43(65)36(29-58)84-50,33-79-11-5-40(62)55-8-14-73-17-20-76-23-26-82-51-48(70)46(68)44(66)37(30-59)85-51)31-77-9-2-3-38(60)53-6-12-71-15-18-74-21-24-80-49-34(27-56)41(63)42(64)35(28-57)83-49/h35-37,41-48,50-51,56-59,63-70H,2-33H2,1H3,(H,53,60)(H,54,61)(H,55,62)/t35?,36?,37?,41?,42-,43-,44-,45?,46?,47?,48?,50+,51+,52?/m1/s1. The number of aliphatic hydroxyl groups excluding tert-OH is 12. The van der Waals surface area contributed by atoms with Crippen LogP contribution in [0, 0.1) is 5.41 Å². The van der Waals surface area contributed by atoms with Crippen molar-refractivity contribution in [1.29, 1.82) is 0 Å². The number of nitrogens with one attached hydrogen (secondary N) is 3. The Hall–Kier alpha value is -3.25. The minimum Gasteiger partial charge on any atom is -0.463 e. The summed E-state index contributed by atoms with van der Waals surface area (Å²) in [5.74, 6) is -0.930. The van der Waals surface area contributed by atoms with Gasteiger partial charge in [0, 0.05) is 50.9 Å². The molecule has 0 aromatic rings. The van der Waals surface area contributed by atoms with Crippen LogP contribution < -0.4 is 16.0 Å². The molecule has 0 bridgehead atoms. The van der Waals surface area contributed by atoms with Crippen LogP contribution in [0.2, 0.25) is 0 Å². The molecule has 3 aliphatic rings. The van der Waals surface area contributed by atoms with Crippen molar-refractivity contribution in [2.75, 3.05) is 185 Å². The molecule has 0 aromatic heterocycles. The number of carbonyl (C=O) groups is 3. The van der Waals surface area contributed by atoms with Crippen molar-refractivity contribution in [1.82, 2.24) is 16.0 Å². The van der Waals surface area contributed by atoms with Crippen LogP contribution in [0.15, 0.2) is 11.5 Å². The van der Waals surface area contributed by atoms with Gasteiger partial charge in [-0.3, -0.25) is 14.4 Å². The zero-order valence-corrected chi connectivity index (χ0v) is 48.3. The van der Waals surface area contributed by atoms with Crippen molar-refractivity contribution < 1.29 is 147 Å². The van der Waals surface area contributed by atoms with Gasteiger partial charge in [-0.15, -0.1) is 0 Å². The molecule has 3 amide bonds. The second-order valence-corrected chi connectivity index (χ2v) is 20.0. The van der Waals surface area contributed by atoms with Crippen molar-refractivity contribution in [3.05, 3.63) is 11.5 Å². The van der Waals surface area contributed by atoms with Crippen molar-refractivity contribution in [3.63, 3.8) is 0 Å². The first-order valence-electron chi connectivity index (χ1n) is 28.4. The number of ether oxygens (including phenoxy) is 15. The average Bonchev–Trinajstić information content (AvgIpc) is 3.26. The highest BCUT2D eigenvalue weighted by atomic mass is 16.7. The molecule has 0 radical (unpaired) electrons. The molecule has 3 rings (SSSR count). The molecule has 0 aromatic carbocycles. The predicted octanol–water partition coefficient (Wildman–Crippen LogP) is -7.98. The summed E-state index contributed by atoms with van der Waals surface area (Å²) in [6.45, 7) is 3.28. The Morgan fingerprint density at radius 1 is 0.424 bits per heavy atom. The molecular formula is C52H95N3O30. The molecule has 3 heterocycles. The largest absolute Gasteiger partial charge is 0.463 e. The Labute approximate surface area is 493 Å². The lowest BCUT2D eigenvalue weighted by Crippen LogP contribution is -2.59. The summed E-state index contributed by atoms with van der Waals surface area (Å²) in [5.41, 5.74) is -0.760. The number of aliphatic hydroxyl groups is 12. The zero-order valence-electron chi connectivity index (χ0n) is 48.3. The molecule has 0 saturated carbocycles. The molecule has 498 valence electrons. The monoisotopic (exact) mass is 1240 g/mol. The van der Waals surface area contributed by atoms with Gasteiger partial charge in [-0.1, -0.05) is 6.92 Å². The molecule has 2 fully saturated rings. The van der Waals surface area contributed by atoms with E-state index >= 15 is 0 Å². The van der Waals surface area contributed by atoms with E-state index in [4.69, 9.17) is 71.1 Å². The molecule has 15 N–H and O–H groups in total. The van der Waals surface area contributed by atoms with Gasteiger partial charge in [0.15, 0.2) is 18.7 Å². The molecule has 0 spiro atoms. The third kappa shape index (κ3) is 30.2. The third-order valence-electron chi connectivity index (χ3n) is 12.9. The van der Waals surface area contributed by atoms with E-state index in [1.165, 1.54) is 0 Å². The second-order valence-electron chi connectivity index (χ2n) is 20.0. The first-order valence-corrected chi connectivity index (χ1v) is 28.4. The van der Waals surface area contributed by atoms with E-state index in [1.54, 1.807) is 0 Å². The lowest BCUT2D eigenvalue weighted by atomic mass is 9.94. The second kappa shape index (κ2) is 45.1. The molecular weight excluding hydrogens is 1150 g/mol. The van der Waals surface area contributed by atoms with Crippen LogP contribution in [0.25, 0.3) is 0 Å². The Morgan fingerprint density at radius 3 is 1.21 bits per heavy atom. The van der Waals surface area contributed by atoms with Crippen LogP contribution >= 0.6 is 0 Å². The van der Waals surface area contributed by atoms with Crippen LogP contribution in [0.4, 0.5) is 0 Å². The van der Waals surface area contributed by atoms with E-state index in [2.05, 4.69) is 16.0 Å². The third-order valence-corrected chi connectivity index (χ3v) is 12.9. The summed E-state index contributed by atoms with van der Waals surface area (Å²) in [6, 6.07) is 0. The summed E-state index contributed by atoms with van der Waals surface area (Å²) < 4.78 is 82.5. The van der Waals surface area contributed by atoms with Crippen LogP contribution in [0.1, 0.15) is 32.6 Å². The first-order chi connectivity index (χ1) is 41.0. The van der Waals surface area contributed by atoms with Gasteiger partial charge in [-0.2, -0.15) is 0 Å².